The summed E-state index contributed by atoms with van der Waals surface area (Å²) in [5, 5.41) is 9.56. The minimum atomic E-state index is -4.53. The summed E-state index contributed by atoms with van der Waals surface area (Å²) >= 11 is 0. The third-order valence-electron chi connectivity index (χ3n) is 3.40. The first kappa shape index (κ1) is 17.0. The molecule has 0 radical (unpaired) electrons. The highest BCUT2D eigenvalue weighted by Crippen LogP contribution is 2.37. The van der Waals surface area contributed by atoms with Crippen molar-refractivity contribution in [2.24, 2.45) is 0 Å². The topological polar surface area (TPSA) is 55.5 Å². The van der Waals surface area contributed by atoms with Crippen LogP contribution in [0.15, 0.2) is 42.5 Å². The fraction of sp³-hybridized carbons (Fsp3) is 0.294. The molecule has 0 aliphatic heterocycles. The lowest BCUT2D eigenvalue weighted by Gasteiger charge is -2.20. The lowest BCUT2D eigenvalue weighted by atomic mass is 10.0. The van der Waals surface area contributed by atoms with Crippen molar-refractivity contribution >= 4 is 5.69 Å². The van der Waals surface area contributed by atoms with Gasteiger partial charge in [0.2, 0.25) is 0 Å². The van der Waals surface area contributed by atoms with E-state index < -0.39 is 17.8 Å². The Kier molecular flexibility index (Phi) is 5.03. The quantitative estimate of drug-likeness (QED) is 0.768. The summed E-state index contributed by atoms with van der Waals surface area (Å²) in [5.74, 6) is 0.175. The number of hydrogen-bond acceptors (Lipinski definition) is 3. The Morgan fingerprint density at radius 3 is 2.52 bits per heavy atom. The summed E-state index contributed by atoms with van der Waals surface area (Å²) in [4.78, 5) is 0. The highest BCUT2D eigenvalue weighted by Gasteiger charge is 2.33. The number of hydrogen-bond donors (Lipinski definition) is 2. The van der Waals surface area contributed by atoms with Crippen molar-refractivity contribution in [2.75, 3.05) is 5.73 Å². The van der Waals surface area contributed by atoms with Gasteiger partial charge in [-0.25, -0.2) is 0 Å². The fourth-order valence-electron chi connectivity index (χ4n) is 2.30. The molecule has 0 aliphatic rings. The maximum absolute atomic E-state index is 12.9. The molecule has 23 heavy (non-hydrogen) atoms. The number of phenolic OH excluding ortho intramolecular Hbond substituents is 1. The van der Waals surface area contributed by atoms with Crippen LogP contribution in [0.1, 0.15) is 37.0 Å². The number of benzene rings is 2. The number of nitrogens with two attached hydrogens (primary N) is 1. The maximum Gasteiger partial charge on any atom is 0.418 e. The van der Waals surface area contributed by atoms with Gasteiger partial charge in [-0.1, -0.05) is 25.5 Å². The zero-order valence-corrected chi connectivity index (χ0v) is 12.6. The molecule has 2 rings (SSSR count). The van der Waals surface area contributed by atoms with E-state index in [0.29, 0.717) is 12.0 Å². The van der Waals surface area contributed by atoms with Gasteiger partial charge in [0.1, 0.15) is 17.6 Å². The lowest BCUT2D eigenvalue weighted by molar-refractivity contribution is -0.137. The molecule has 0 bridgehead atoms. The van der Waals surface area contributed by atoms with E-state index in [9.17, 15) is 18.3 Å². The Bertz CT molecular complexity index is 671. The zero-order chi connectivity index (χ0) is 17.0. The molecule has 2 aromatic carbocycles. The van der Waals surface area contributed by atoms with E-state index in [-0.39, 0.29) is 17.2 Å². The number of rotatable bonds is 5. The lowest BCUT2D eigenvalue weighted by Crippen LogP contribution is -2.11. The Morgan fingerprint density at radius 1 is 1.17 bits per heavy atom. The summed E-state index contributed by atoms with van der Waals surface area (Å²) in [6.07, 6.45) is -3.59. The molecule has 0 aromatic heterocycles. The molecule has 6 heteroatoms. The first-order valence-corrected chi connectivity index (χ1v) is 7.23. The fourth-order valence-corrected chi connectivity index (χ4v) is 2.30. The minimum Gasteiger partial charge on any atom is -0.508 e. The van der Waals surface area contributed by atoms with Crippen LogP contribution in [0.25, 0.3) is 0 Å². The van der Waals surface area contributed by atoms with E-state index in [1.807, 2.05) is 6.92 Å². The average molecular weight is 325 g/mol. The molecule has 1 unspecified atom stereocenters. The van der Waals surface area contributed by atoms with E-state index in [1.165, 1.54) is 18.2 Å². The van der Waals surface area contributed by atoms with Gasteiger partial charge in [0, 0.05) is 5.69 Å². The molecule has 3 N–H and O–H groups in total. The Balaban J connectivity index is 2.30. The third-order valence-corrected chi connectivity index (χ3v) is 3.40. The molecule has 1 atom stereocenters. The Hall–Kier alpha value is -2.37. The van der Waals surface area contributed by atoms with Gasteiger partial charge in [-0.2, -0.15) is 13.2 Å². The number of halogens is 3. The van der Waals surface area contributed by atoms with Crippen LogP contribution in [-0.4, -0.2) is 5.11 Å². The van der Waals surface area contributed by atoms with Crippen LogP contribution in [0.2, 0.25) is 0 Å². The van der Waals surface area contributed by atoms with E-state index in [0.717, 1.165) is 12.5 Å². The van der Waals surface area contributed by atoms with Gasteiger partial charge in [-0.15, -0.1) is 0 Å². The Morgan fingerprint density at radius 2 is 1.91 bits per heavy atom. The van der Waals surface area contributed by atoms with E-state index in [1.54, 1.807) is 18.2 Å². The monoisotopic (exact) mass is 325 g/mol. The smallest absolute Gasteiger partial charge is 0.418 e. The summed E-state index contributed by atoms with van der Waals surface area (Å²) < 4.78 is 44.5. The van der Waals surface area contributed by atoms with Gasteiger partial charge in [0.05, 0.1) is 5.56 Å². The summed E-state index contributed by atoms with van der Waals surface area (Å²) in [7, 11) is 0. The van der Waals surface area contributed by atoms with Gasteiger partial charge in [0.25, 0.3) is 0 Å². The second-order valence-electron chi connectivity index (χ2n) is 5.24. The number of anilines is 1. The summed E-state index contributed by atoms with van der Waals surface area (Å²) in [6.45, 7) is 1.95. The van der Waals surface area contributed by atoms with Crippen LogP contribution in [-0.2, 0) is 6.18 Å². The van der Waals surface area contributed by atoms with Crippen LogP contribution in [0, 0.1) is 0 Å². The van der Waals surface area contributed by atoms with Crippen LogP contribution < -0.4 is 10.5 Å². The molecule has 0 saturated heterocycles. The van der Waals surface area contributed by atoms with E-state index >= 15 is 0 Å². The van der Waals surface area contributed by atoms with E-state index in [2.05, 4.69) is 0 Å². The molecule has 124 valence electrons. The molecule has 2 aromatic rings. The second kappa shape index (κ2) is 6.81. The minimum absolute atomic E-state index is 0.0838. The van der Waals surface area contributed by atoms with Gasteiger partial charge >= 0.3 is 6.18 Å². The highest BCUT2D eigenvalue weighted by atomic mass is 19.4. The molecular formula is C17H18F3NO2. The number of aromatic hydroxyl groups is 1. The Labute approximate surface area is 132 Å². The predicted molar refractivity (Wildman–Crippen MR) is 82.2 cm³/mol. The number of alkyl halides is 3. The number of ether oxygens (including phenoxy) is 1. The maximum atomic E-state index is 12.9. The molecule has 0 amide bonds. The second-order valence-corrected chi connectivity index (χ2v) is 5.24. The first-order chi connectivity index (χ1) is 10.8. The average Bonchev–Trinajstić information content (AvgIpc) is 2.47. The van der Waals surface area contributed by atoms with Gasteiger partial charge in [0.15, 0.2) is 0 Å². The van der Waals surface area contributed by atoms with E-state index in [4.69, 9.17) is 10.5 Å². The molecular weight excluding hydrogens is 307 g/mol. The van der Waals surface area contributed by atoms with Crippen LogP contribution in [0.3, 0.4) is 0 Å². The van der Waals surface area contributed by atoms with Crippen molar-refractivity contribution in [2.45, 2.75) is 32.0 Å². The molecule has 0 saturated carbocycles. The molecule has 0 aliphatic carbocycles. The van der Waals surface area contributed by atoms with Crippen molar-refractivity contribution in [3.05, 3.63) is 53.6 Å². The zero-order valence-electron chi connectivity index (χ0n) is 12.6. The summed E-state index contributed by atoms with van der Waals surface area (Å²) in [5.41, 5.74) is 4.84. The number of nitrogen functional groups attached to an aromatic ring is 1. The molecule has 0 heterocycles. The summed E-state index contributed by atoms with van der Waals surface area (Å²) in [6, 6.07) is 10.0. The standard InChI is InChI=1S/C17H18F3NO2/c1-2-4-16(11-5-3-6-12(22)9-11)23-13-7-8-15(21)14(10-13)17(18,19)20/h3,5-10,16,22H,2,4,21H2,1H3. The van der Waals surface area contributed by atoms with Crippen molar-refractivity contribution in [3.63, 3.8) is 0 Å². The normalized spacial score (nSPS) is 12.9. The van der Waals surface area contributed by atoms with Crippen LogP contribution in [0.5, 0.6) is 11.5 Å². The van der Waals surface area contributed by atoms with Crippen molar-refractivity contribution in [3.8, 4) is 11.5 Å². The van der Waals surface area contributed by atoms with Gasteiger partial charge < -0.3 is 15.6 Å². The number of phenols is 1. The van der Waals surface area contributed by atoms with Crippen molar-refractivity contribution in [1.82, 2.24) is 0 Å². The van der Waals surface area contributed by atoms with Gasteiger partial charge in [-0.05, 0) is 42.3 Å². The van der Waals surface area contributed by atoms with Crippen LogP contribution in [0.4, 0.5) is 18.9 Å². The molecule has 3 nitrogen and oxygen atoms in total. The third kappa shape index (κ3) is 4.31. The first-order valence-electron chi connectivity index (χ1n) is 7.23. The largest absolute Gasteiger partial charge is 0.508 e. The molecule has 0 spiro atoms. The highest BCUT2D eigenvalue weighted by molar-refractivity contribution is 5.52. The predicted octanol–water partition coefficient (Wildman–Crippen LogP) is 4.91. The molecule has 0 fully saturated rings. The van der Waals surface area contributed by atoms with Crippen LogP contribution >= 0.6 is 0 Å². The van der Waals surface area contributed by atoms with Crippen molar-refractivity contribution in [1.29, 1.82) is 0 Å². The SMILES string of the molecule is CCCC(Oc1ccc(N)c(C(F)(F)F)c1)c1cccc(O)c1. The van der Waals surface area contributed by atoms with Gasteiger partial charge in [-0.3, -0.25) is 0 Å². The van der Waals surface area contributed by atoms with Crippen molar-refractivity contribution < 1.29 is 23.0 Å².